The van der Waals surface area contributed by atoms with E-state index in [9.17, 15) is 5.11 Å². The first-order valence-corrected chi connectivity index (χ1v) is 14.4. The molecule has 0 aromatic carbocycles. The first-order chi connectivity index (χ1) is 14.7. The minimum atomic E-state index is -0.0115. The number of aliphatic hydroxyl groups excluding tert-OH is 1. The number of hydrogen-bond acceptors (Lipinski definition) is 1. The average Bonchev–Trinajstić information content (AvgIpc) is 3.08. The van der Waals surface area contributed by atoms with Crippen molar-refractivity contribution in [2.45, 2.75) is 131 Å². The van der Waals surface area contributed by atoms with Crippen molar-refractivity contribution in [1.82, 2.24) is 0 Å². The van der Waals surface area contributed by atoms with Crippen molar-refractivity contribution in [2.75, 3.05) is 0 Å². The lowest BCUT2D eigenvalue weighted by atomic mass is 9.44. The van der Waals surface area contributed by atoms with E-state index in [0.29, 0.717) is 10.8 Å². The molecule has 0 aromatic rings. The lowest BCUT2D eigenvalue weighted by Crippen LogP contribution is -2.54. The molecule has 1 unspecified atom stereocenters. The van der Waals surface area contributed by atoms with Crippen molar-refractivity contribution in [1.29, 1.82) is 0 Å². The lowest BCUT2D eigenvalue weighted by Gasteiger charge is -2.61. The number of rotatable bonds is 7. The number of fused-ring (bicyclic) bond motifs is 5. The molecule has 0 aromatic heterocycles. The Balaban J connectivity index is 1.43. The summed E-state index contributed by atoms with van der Waals surface area (Å²) in [6.45, 7) is 15.2. The van der Waals surface area contributed by atoms with Crippen LogP contribution in [0.25, 0.3) is 0 Å². The van der Waals surface area contributed by atoms with Gasteiger partial charge < -0.3 is 5.11 Å². The van der Waals surface area contributed by atoms with E-state index in [1.54, 1.807) is 0 Å². The van der Waals surface area contributed by atoms with Crippen LogP contribution >= 0.6 is 0 Å². The van der Waals surface area contributed by atoms with Gasteiger partial charge in [0.05, 0.1) is 6.10 Å². The summed E-state index contributed by atoms with van der Waals surface area (Å²) in [6, 6.07) is 0. The zero-order valence-electron chi connectivity index (χ0n) is 21.8. The van der Waals surface area contributed by atoms with Crippen LogP contribution in [0.3, 0.4) is 0 Å². The van der Waals surface area contributed by atoms with Crippen molar-refractivity contribution in [3.8, 4) is 0 Å². The summed E-state index contributed by atoms with van der Waals surface area (Å²) in [6.07, 6.45) is 18.0. The van der Waals surface area contributed by atoms with Gasteiger partial charge in [-0.05, 0) is 122 Å². The van der Waals surface area contributed by atoms with E-state index in [2.05, 4.69) is 41.5 Å². The van der Waals surface area contributed by atoms with Crippen molar-refractivity contribution >= 4 is 0 Å². The van der Waals surface area contributed by atoms with Crippen LogP contribution in [0.1, 0.15) is 125 Å². The third-order valence-electron chi connectivity index (χ3n) is 12.0. The molecule has 10 atom stereocenters. The predicted molar refractivity (Wildman–Crippen MR) is 133 cm³/mol. The van der Waals surface area contributed by atoms with Crippen molar-refractivity contribution in [3.63, 3.8) is 0 Å². The Bertz CT molecular complexity index is 597. The van der Waals surface area contributed by atoms with Gasteiger partial charge in [-0.2, -0.15) is 0 Å². The minimum Gasteiger partial charge on any atom is -0.393 e. The molecule has 4 aliphatic carbocycles. The van der Waals surface area contributed by atoms with Gasteiger partial charge in [0, 0.05) is 0 Å². The number of hydrogen-bond donors (Lipinski definition) is 1. The highest BCUT2D eigenvalue weighted by molar-refractivity contribution is 5.09. The second kappa shape index (κ2) is 9.31. The topological polar surface area (TPSA) is 20.2 Å². The Morgan fingerprint density at radius 3 is 2.23 bits per heavy atom. The van der Waals surface area contributed by atoms with Crippen LogP contribution in [-0.2, 0) is 0 Å². The van der Waals surface area contributed by atoms with Crippen molar-refractivity contribution in [3.05, 3.63) is 0 Å². The van der Waals surface area contributed by atoms with Gasteiger partial charge in [-0.3, -0.25) is 0 Å². The third kappa shape index (κ3) is 4.28. The maximum Gasteiger partial charge on any atom is 0.0543 e. The van der Waals surface area contributed by atoms with Crippen LogP contribution < -0.4 is 0 Å². The standard InChI is InChI=1S/C30H54O/c1-7-8-22(20(2)3)10-9-21(4)26-13-14-27-25-12-11-23-19-24(31)15-17-29(23,5)28(25)16-18-30(26,27)6/h20-28,31H,7-19H2,1-6H3/t21-,22?,23+,24+,25+,26-,27+,28+,29+,30-/m1/s1. The average molecular weight is 431 g/mol. The van der Waals surface area contributed by atoms with Crippen LogP contribution in [0.2, 0.25) is 0 Å². The smallest absolute Gasteiger partial charge is 0.0543 e. The van der Waals surface area contributed by atoms with Crippen LogP contribution in [0.5, 0.6) is 0 Å². The summed E-state index contributed by atoms with van der Waals surface area (Å²) in [5.41, 5.74) is 1.13. The Labute approximate surface area is 194 Å². The van der Waals surface area contributed by atoms with Gasteiger partial charge in [0.25, 0.3) is 0 Å². The van der Waals surface area contributed by atoms with E-state index in [1.165, 1.54) is 70.6 Å². The summed E-state index contributed by atoms with van der Waals surface area (Å²) in [5, 5.41) is 10.3. The molecule has 1 heteroatoms. The maximum absolute atomic E-state index is 10.3. The second-order valence-corrected chi connectivity index (χ2v) is 13.7. The fraction of sp³-hybridized carbons (Fsp3) is 1.00. The summed E-state index contributed by atoms with van der Waals surface area (Å²) < 4.78 is 0. The Morgan fingerprint density at radius 1 is 0.806 bits per heavy atom. The zero-order chi connectivity index (χ0) is 22.4. The van der Waals surface area contributed by atoms with Crippen LogP contribution in [-0.4, -0.2) is 11.2 Å². The molecule has 0 aliphatic heterocycles. The molecule has 4 aliphatic rings. The molecule has 0 spiro atoms. The Hall–Kier alpha value is -0.0400. The summed E-state index contributed by atoms with van der Waals surface area (Å²) in [5.74, 6) is 7.36. The molecule has 1 nitrogen and oxygen atoms in total. The molecule has 180 valence electrons. The quantitative estimate of drug-likeness (QED) is 0.429. The fourth-order valence-corrected chi connectivity index (χ4v) is 10.1. The molecule has 0 amide bonds. The lowest BCUT2D eigenvalue weighted by molar-refractivity contribution is -0.129. The Kier molecular flexibility index (Phi) is 7.23. The summed E-state index contributed by atoms with van der Waals surface area (Å²) in [7, 11) is 0. The molecule has 0 bridgehead atoms. The fourth-order valence-electron chi connectivity index (χ4n) is 10.1. The van der Waals surface area contributed by atoms with Gasteiger partial charge in [0.2, 0.25) is 0 Å². The molecule has 4 saturated carbocycles. The Morgan fingerprint density at radius 2 is 1.52 bits per heavy atom. The molecule has 0 saturated heterocycles. The normalized spacial score (nSPS) is 46.8. The summed E-state index contributed by atoms with van der Waals surface area (Å²) in [4.78, 5) is 0. The van der Waals surface area contributed by atoms with E-state index in [-0.39, 0.29) is 6.10 Å². The van der Waals surface area contributed by atoms with Gasteiger partial charge in [-0.1, -0.05) is 60.8 Å². The molecule has 31 heavy (non-hydrogen) atoms. The molecule has 0 heterocycles. The van der Waals surface area contributed by atoms with Gasteiger partial charge in [0.1, 0.15) is 0 Å². The first-order valence-electron chi connectivity index (χ1n) is 14.4. The van der Waals surface area contributed by atoms with Crippen LogP contribution in [0.15, 0.2) is 0 Å². The zero-order valence-corrected chi connectivity index (χ0v) is 21.8. The molecule has 4 fully saturated rings. The largest absolute Gasteiger partial charge is 0.393 e. The van der Waals surface area contributed by atoms with E-state index in [4.69, 9.17) is 0 Å². The van der Waals surface area contributed by atoms with Crippen LogP contribution in [0.4, 0.5) is 0 Å². The summed E-state index contributed by atoms with van der Waals surface area (Å²) >= 11 is 0. The highest BCUT2D eigenvalue weighted by Crippen LogP contribution is 2.68. The molecule has 0 radical (unpaired) electrons. The molecule has 4 rings (SSSR count). The highest BCUT2D eigenvalue weighted by atomic mass is 16.3. The maximum atomic E-state index is 10.3. The first kappa shape index (κ1) is 24.1. The highest BCUT2D eigenvalue weighted by Gasteiger charge is 2.60. The number of aliphatic hydroxyl groups is 1. The van der Waals surface area contributed by atoms with Gasteiger partial charge >= 0.3 is 0 Å². The van der Waals surface area contributed by atoms with E-state index < -0.39 is 0 Å². The van der Waals surface area contributed by atoms with Crippen molar-refractivity contribution < 1.29 is 5.11 Å². The SMILES string of the molecule is CCCC(CC[C@@H](C)[C@H]1CC[C@H]2[C@@H]3CC[C@H]4C[C@@H](O)CC[C@]4(C)[C@H]3CC[C@]12C)C(C)C. The van der Waals surface area contributed by atoms with E-state index in [0.717, 1.165) is 60.2 Å². The predicted octanol–water partition coefficient (Wildman–Crippen LogP) is 8.49. The monoisotopic (exact) mass is 430 g/mol. The van der Waals surface area contributed by atoms with Crippen molar-refractivity contribution in [2.24, 2.45) is 58.2 Å². The van der Waals surface area contributed by atoms with E-state index in [1.807, 2.05) is 0 Å². The van der Waals surface area contributed by atoms with Gasteiger partial charge in [0.15, 0.2) is 0 Å². The third-order valence-corrected chi connectivity index (χ3v) is 12.0. The molecular formula is C30H54O. The van der Waals surface area contributed by atoms with Crippen LogP contribution in [0, 0.1) is 58.2 Å². The van der Waals surface area contributed by atoms with E-state index >= 15 is 0 Å². The van der Waals surface area contributed by atoms with Gasteiger partial charge in [-0.15, -0.1) is 0 Å². The molecular weight excluding hydrogens is 376 g/mol. The minimum absolute atomic E-state index is 0.0115. The molecule has 1 N–H and O–H groups in total. The second-order valence-electron chi connectivity index (χ2n) is 13.7. The van der Waals surface area contributed by atoms with Gasteiger partial charge in [-0.25, -0.2) is 0 Å².